The van der Waals surface area contributed by atoms with E-state index in [1.165, 1.54) is 0 Å². The van der Waals surface area contributed by atoms with Gasteiger partial charge in [-0.3, -0.25) is 4.98 Å². The number of alkyl halides is 3. The van der Waals surface area contributed by atoms with E-state index in [-0.39, 0.29) is 0 Å². The van der Waals surface area contributed by atoms with Crippen LogP contribution in [0.15, 0.2) is 48.5 Å². The molecule has 0 fully saturated rings. The predicted octanol–water partition coefficient (Wildman–Crippen LogP) is 4.86. The lowest BCUT2D eigenvalue weighted by atomic mass is 10.0. The summed E-state index contributed by atoms with van der Waals surface area (Å²) in [7, 11) is 3.34. The minimum absolute atomic E-state index is 0.813. The third kappa shape index (κ3) is 5.12. The number of rotatable bonds is 3. The number of halogens is 3. The molecule has 0 bridgehead atoms. The van der Waals surface area contributed by atoms with E-state index in [0.717, 1.165) is 39.2 Å². The fourth-order valence-electron chi connectivity index (χ4n) is 2.43. The molecule has 0 saturated heterocycles. The van der Waals surface area contributed by atoms with Crippen LogP contribution in [0.4, 0.5) is 13.2 Å². The molecule has 0 radical (unpaired) electrons. The maximum atomic E-state index is 10.6. The summed E-state index contributed by atoms with van der Waals surface area (Å²) >= 11 is 0. The number of aryl methyl sites for hydroxylation is 1. The van der Waals surface area contributed by atoms with E-state index in [1.54, 1.807) is 14.2 Å². The highest BCUT2D eigenvalue weighted by atomic mass is 19.4. The Kier molecular flexibility index (Phi) is 6.45. The van der Waals surface area contributed by atoms with Crippen molar-refractivity contribution in [1.29, 1.82) is 0 Å². The summed E-state index contributed by atoms with van der Waals surface area (Å²) in [6.07, 6.45) is -5.08. The molecule has 148 valence electrons. The van der Waals surface area contributed by atoms with Gasteiger partial charge < -0.3 is 14.6 Å². The van der Waals surface area contributed by atoms with Crippen molar-refractivity contribution < 1.29 is 32.5 Å². The average molecular weight is 393 g/mol. The molecule has 3 aromatic rings. The van der Waals surface area contributed by atoms with Crippen LogP contribution in [0.1, 0.15) is 5.69 Å². The van der Waals surface area contributed by atoms with Gasteiger partial charge in [0.05, 0.1) is 19.7 Å². The molecule has 28 heavy (non-hydrogen) atoms. The molecule has 0 unspecified atom stereocenters. The number of ether oxygens (including phenoxy) is 2. The number of aromatic nitrogens is 1. The summed E-state index contributed by atoms with van der Waals surface area (Å²) < 4.78 is 42.5. The van der Waals surface area contributed by atoms with Crippen molar-refractivity contribution in [3.63, 3.8) is 0 Å². The first-order valence-electron chi connectivity index (χ1n) is 8.05. The first kappa shape index (κ1) is 21.0. The van der Waals surface area contributed by atoms with Crippen LogP contribution in [-0.2, 0) is 4.79 Å². The largest absolute Gasteiger partial charge is 0.497 e. The van der Waals surface area contributed by atoms with Gasteiger partial charge in [0, 0.05) is 16.6 Å². The molecule has 0 amide bonds. The van der Waals surface area contributed by atoms with Crippen molar-refractivity contribution in [2.45, 2.75) is 13.1 Å². The van der Waals surface area contributed by atoms with E-state index in [0.29, 0.717) is 0 Å². The number of pyridine rings is 1. The standard InChI is InChI=1S/C18H17NO2.C2HF3O2/c1-12-4-5-14-10-13(6-8-17(14)19-12)16-11-15(20-2)7-9-18(16)21-3;3-2(4,5)1(6)7/h4-11H,1-3H3;(H,6,7). The molecule has 0 aliphatic heterocycles. The number of benzene rings is 2. The molecule has 5 nitrogen and oxygen atoms in total. The lowest BCUT2D eigenvalue weighted by Gasteiger charge is -2.11. The van der Waals surface area contributed by atoms with Crippen molar-refractivity contribution in [3.05, 3.63) is 54.2 Å². The number of fused-ring (bicyclic) bond motifs is 1. The fraction of sp³-hybridized carbons (Fsp3) is 0.200. The molecule has 0 spiro atoms. The number of carboxylic acids is 1. The van der Waals surface area contributed by atoms with Crippen LogP contribution in [-0.4, -0.2) is 36.5 Å². The van der Waals surface area contributed by atoms with Gasteiger partial charge >= 0.3 is 12.1 Å². The summed E-state index contributed by atoms with van der Waals surface area (Å²) in [5.74, 6) is -1.12. The number of carbonyl (C=O) groups is 1. The Morgan fingerprint density at radius 1 is 1.00 bits per heavy atom. The van der Waals surface area contributed by atoms with Crippen molar-refractivity contribution in [3.8, 4) is 22.6 Å². The van der Waals surface area contributed by atoms with Gasteiger partial charge in [-0.2, -0.15) is 13.2 Å². The van der Waals surface area contributed by atoms with Crippen molar-refractivity contribution in [2.24, 2.45) is 0 Å². The average Bonchev–Trinajstić information content (AvgIpc) is 2.66. The van der Waals surface area contributed by atoms with Crippen LogP contribution in [0.2, 0.25) is 0 Å². The van der Waals surface area contributed by atoms with E-state index < -0.39 is 12.1 Å². The van der Waals surface area contributed by atoms with Gasteiger partial charge in [-0.1, -0.05) is 12.1 Å². The zero-order chi connectivity index (χ0) is 20.9. The first-order chi connectivity index (χ1) is 13.2. The molecule has 0 atom stereocenters. The van der Waals surface area contributed by atoms with Crippen LogP contribution in [0, 0.1) is 6.92 Å². The Labute approximate surface area is 159 Å². The Morgan fingerprint density at radius 3 is 2.25 bits per heavy atom. The Balaban J connectivity index is 0.000000345. The van der Waals surface area contributed by atoms with E-state index in [1.807, 2.05) is 37.3 Å². The fourth-order valence-corrected chi connectivity index (χ4v) is 2.43. The second kappa shape index (κ2) is 8.60. The SMILES string of the molecule is COc1ccc(OC)c(-c2ccc3nc(C)ccc3c2)c1.O=C(O)C(F)(F)F. The number of hydrogen-bond acceptors (Lipinski definition) is 4. The summed E-state index contributed by atoms with van der Waals surface area (Å²) in [5.41, 5.74) is 4.12. The van der Waals surface area contributed by atoms with Crippen LogP contribution in [0.3, 0.4) is 0 Å². The van der Waals surface area contributed by atoms with Crippen molar-refractivity contribution in [1.82, 2.24) is 4.98 Å². The van der Waals surface area contributed by atoms with Gasteiger partial charge in [0.2, 0.25) is 0 Å². The highest BCUT2D eigenvalue weighted by Crippen LogP contribution is 2.34. The smallest absolute Gasteiger partial charge is 0.490 e. The van der Waals surface area contributed by atoms with Gasteiger partial charge in [-0.05, 0) is 48.9 Å². The van der Waals surface area contributed by atoms with Gasteiger partial charge in [0.1, 0.15) is 11.5 Å². The lowest BCUT2D eigenvalue weighted by Crippen LogP contribution is -2.21. The highest BCUT2D eigenvalue weighted by molar-refractivity contribution is 5.86. The zero-order valence-corrected chi connectivity index (χ0v) is 15.4. The molecule has 1 N–H and O–H groups in total. The quantitative estimate of drug-likeness (QED) is 0.688. The lowest BCUT2D eigenvalue weighted by molar-refractivity contribution is -0.192. The number of methoxy groups -OCH3 is 2. The van der Waals surface area contributed by atoms with E-state index in [4.69, 9.17) is 19.4 Å². The molecule has 0 saturated carbocycles. The normalized spacial score (nSPS) is 10.8. The molecule has 1 aromatic heterocycles. The number of hydrogen-bond donors (Lipinski definition) is 1. The van der Waals surface area contributed by atoms with Crippen LogP contribution in [0.5, 0.6) is 11.5 Å². The number of carboxylic acid groups (broad SMARTS) is 1. The molecule has 0 aliphatic rings. The molecule has 1 heterocycles. The van der Waals surface area contributed by atoms with Crippen molar-refractivity contribution in [2.75, 3.05) is 14.2 Å². The second-order valence-corrected chi connectivity index (χ2v) is 5.73. The van der Waals surface area contributed by atoms with Crippen LogP contribution in [0.25, 0.3) is 22.0 Å². The van der Waals surface area contributed by atoms with Gasteiger partial charge in [0.25, 0.3) is 0 Å². The topological polar surface area (TPSA) is 68.7 Å². The molecule has 0 aliphatic carbocycles. The Bertz CT molecular complexity index is 987. The van der Waals surface area contributed by atoms with E-state index in [2.05, 4.69) is 23.2 Å². The molecular weight excluding hydrogens is 375 g/mol. The third-order valence-electron chi connectivity index (χ3n) is 3.79. The van der Waals surface area contributed by atoms with E-state index in [9.17, 15) is 13.2 Å². The maximum absolute atomic E-state index is 10.6. The summed E-state index contributed by atoms with van der Waals surface area (Å²) in [4.78, 5) is 13.4. The molecule has 8 heteroatoms. The zero-order valence-electron chi connectivity index (χ0n) is 15.4. The second-order valence-electron chi connectivity index (χ2n) is 5.73. The Morgan fingerprint density at radius 2 is 1.68 bits per heavy atom. The maximum Gasteiger partial charge on any atom is 0.490 e. The first-order valence-corrected chi connectivity index (χ1v) is 8.05. The van der Waals surface area contributed by atoms with Gasteiger partial charge in [-0.25, -0.2) is 4.79 Å². The highest BCUT2D eigenvalue weighted by Gasteiger charge is 2.38. The molecule has 2 aromatic carbocycles. The van der Waals surface area contributed by atoms with Gasteiger partial charge in [0.15, 0.2) is 0 Å². The van der Waals surface area contributed by atoms with E-state index >= 15 is 0 Å². The van der Waals surface area contributed by atoms with Crippen LogP contribution >= 0.6 is 0 Å². The molecular formula is C20H18F3NO4. The number of nitrogens with zero attached hydrogens (tertiary/aromatic N) is 1. The monoisotopic (exact) mass is 393 g/mol. The predicted molar refractivity (Wildman–Crippen MR) is 98.7 cm³/mol. The molecule has 3 rings (SSSR count). The summed E-state index contributed by atoms with van der Waals surface area (Å²) in [5, 5.41) is 8.24. The van der Waals surface area contributed by atoms with Crippen molar-refractivity contribution >= 4 is 16.9 Å². The van der Waals surface area contributed by atoms with Gasteiger partial charge in [-0.15, -0.1) is 0 Å². The number of aliphatic carboxylic acids is 1. The minimum atomic E-state index is -5.08. The third-order valence-corrected chi connectivity index (χ3v) is 3.79. The summed E-state index contributed by atoms with van der Waals surface area (Å²) in [6.45, 7) is 2.00. The van der Waals surface area contributed by atoms with Crippen LogP contribution < -0.4 is 9.47 Å². The Hall–Kier alpha value is -3.29. The minimum Gasteiger partial charge on any atom is -0.497 e. The summed E-state index contributed by atoms with van der Waals surface area (Å²) in [6, 6.07) is 16.1.